The molecule has 1 atom stereocenters. The highest BCUT2D eigenvalue weighted by Gasteiger charge is 2.30. The largest absolute Gasteiger partial charge is 0.356 e. The summed E-state index contributed by atoms with van der Waals surface area (Å²) in [6, 6.07) is 13.6. The van der Waals surface area contributed by atoms with E-state index in [0.717, 1.165) is 60.0 Å². The second kappa shape index (κ2) is 7.35. The molecule has 0 spiro atoms. The summed E-state index contributed by atoms with van der Waals surface area (Å²) in [5.74, 6) is 0.376. The summed E-state index contributed by atoms with van der Waals surface area (Å²) < 4.78 is 7.36. The molecule has 3 heterocycles. The molecule has 1 saturated heterocycles. The van der Waals surface area contributed by atoms with Crippen molar-refractivity contribution in [1.29, 1.82) is 0 Å². The molecule has 0 aliphatic carbocycles. The third-order valence-electron chi connectivity index (χ3n) is 6.09. The van der Waals surface area contributed by atoms with Gasteiger partial charge in [0.15, 0.2) is 5.58 Å². The number of rotatable bonds is 4. The van der Waals surface area contributed by atoms with Gasteiger partial charge in [0.25, 0.3) is 0 Å². The molecule has 0 amide bonds. The normalized spacial score (nSPS) is 17.3. The second-order valence-corrected chi connectivity index (χ2v) is 8.16. The highest BCUT2D eigenvalue weighted by molar-refractivity contribution is 6.31. The maximum absolute atomic E-state index is 12.7. The molecule has 1 fully saturated rings. The van der Waals surface area contributed by atoms with Gasteiger partial charge in [-0.15, -0.1) is 0 Å². The molecule has 150 valence electrons. The fourth-order valence-corrected chi connectivity index (χ4v) is 4.83. The average molecular weight is 411 g/mol. The van der Waals surface area contributed by atoms with E-state index < -0.39 is 0 Å². The van der Waals surface area contributed by atoms with E-state index in [1.165, 1.54) is 0 Å². The minimum atomic E-state index is -0.0845. The van der Waals surface area contributed by atoms with Crippen LogP contribution < -0.4 is 5.69 Å². The van der Waals surface area contributed by atoms with Crippen molar-refractivity contribution in [3.05, 3.63) is 63.7 Å². The minimum Gasteiger partial charge on any atom is -0.356 e. The highest BCUT2D eigenvalue weighted by Crippen LogP contribution is 2.35. The maximum atomic E-state index is 12.7. The van der Waals surface area contributed by atoms with Crippen LogP contribution in [-0.4, -0.2) is 32.7 Å². The minimum absolute atomic E-state index is 0.00437. The SMILES string of the molecule is CCC(N1CCC(c2noc3ccccc23)CC1)n1c(=O)[nH]c2ccc(Cl)cc21. The second-order valence-electron chi connectivity index (χ2n) is 7.72. The molecule has 1 unspecified atom stereocenters. The summed E-state index contributed by atoms with van der Waals surface area (Å²) in [7, 11) is 0. The number of piperidine rings is 1. The first kappa shape index (κ1) is 18.5. The molecule has 1 aliphatic rings. The monoisotopic (exact) mass is 410 g/mol. The highest BCUT2D eigenvalue weighted by atomic mass is 35.5. The lowest BCUT2D eigenvalue weighted by atomic mass is 9.91. The Hall–Kier alpha value is -2.57. The van der Waals surface area contributed by atoms with Crippen LogP contribution in [0.5, 0.6) is 0 Å². The Morgan fingerprint density at radius 1 is 1.24 bits per heavy atom. The van der Waals surface area contributed by atoms with Crippen LogP contribution in [0.3, 0.4) is 0 Å². The number of hydrogen-bond donors (Lipinski definition) is 1. The Bertz CT molecular complexity index is 1220. The number of aromatic amines is 1. The van der Waals surface area contributed by atoms with Crippen molar-refractivity contribution >= 4 is 33.6 Å². The lowest BCUT2D eigenvalue weighted by Crippen LogP contribution is -2.41. The molecule has 0 bridgehead atoms. The molecule has 2 aromatic carbocycles. The molecule has 7 heteroatoms. The number of aromatic nitrogens is 3. The van der Waals surface area contributed by atoms with Crippen molar-refractivity contribution in [3.63, 3.8) is 0 Å². The van der Waals surface area contributed by atoms with Gasteiger partial charge in [-0.3, -0.25) is 9.47 Å². The number of fused-ring (bicyclic) bond motifs is 2. The number of H-pyrrole nitrogens is 1. The predicted molar refractivity (Wildman–Crippen MR) is 114 cm³/mol. The number of hydrogen-bond acceptors (Lipinski definition) is 4. The fraction of sp³-hybridized carbons (Fsp3) is 0.364. The van der Waals surface area contributed by atoms with E-state index in [-0.39, 0.29) is 11.9 Å². The standard InChI is InChI=1S/C22H23ClN4O2/c1-2-20(27-18-13-15(23)7-8-17(18)24-22(27)28)26-11-9-14(10-12-26)21-16-5-3-4-6-19(16)29-25-21/h3-8,13-14,20H,2,9-12H2,1H3,(H,24,28). The van der Waals surface area contributed by atoms with Crippen LogP contribution in [0.4, 0.5) is 0 Å². The number of para-hydroxylation sites is 1. The Labute approximate surface area is 173 Å². The zero-order valence-electron chi connectivity index (χ0n) is 16.3. The van der Waals surface area contributed by atoms with Crippen molar-refractivity contribution in [2.45, 2.75) is 38.3 Å². The van der Waals surface area contributed by atoms with Crippen LogP contribution >= 0.6 is 11.6 Å². The molecule has 4 aromatic rings. The Morgan fingerprint density at radius 2 is 2.03 bits per heavy atom. The molecule has 29 heavy (non-hydrogen) atoms. The van der Waals surface area contributed by atoms with Gasteiger partial charge in [0.2, 0.25) is 0 Å². The van der Waals surface area contributed by atoms with E-state index >= 15 is 0 Å². The summed E-state index contributed by atoms with van der Waals surface area (Å²) in [5, 5.41) is 6.10. The molecule has 5 rings (SSSR count). The van der Waals surface area contributed by atoms with Gasteiger partial charge in [0.1, 0.15) is 0 Å². The first-order chi connectivity index (χ1) is 14.2. The van der Waals surface area contributed by atoms with E-state index in [0.29, 0.717) is 10.9 Å². The first-order valence-electron chi connectivity index (χ1n) is 10.1. The van der Waals surface area contributed by atoms with E-state index in [4.69, 9.17) is 16.1 Å². The molecular formula is C22H23ClN4O2. The summed E-state index contributed by atoms with van der Waals surface area (Å²) in [6.07, 6.45) is 2.83. The van der Waals surface area contributed by atoms with Crippen LogP contribution in [0.2, 0.25) is 5.02 Å². The fourth-order valence-electron chi connectivity index (χ4n) is 4.67. The van der Waals surface area contributed by atoms with Crippen LogP contribution in [0.25, 0.3) is 22.0 Å². The molecular weight excluding hydrogens is 388 g/mol. The molecule has 0 saturated carbocycles. The number of nitrogens with one attached hydrogen (secondary N) is 1. The smallest absolute Gasteiger partial charge is 0.327 e. The lowest BCUT2D eigenvalue weighted by Gasteiger charge is -2.37. The number of likely N-dealkylation sites (tertiary alicyclic amines) is 1. The number of benzene rings is 2. The summed E-state index contributed by atoms with van der Waals surface area (Å²) in [5.41, 5.74) is 3.50. The zero-order valence-corrected chi connectivity index (χ0v) is 17.0. The van der Waals surface area contributed by atoms with E-state index in [9.17, 15) is 4.79 Å². The molecule has 2 aromatic heterocycles. The molecule has 0 radical (unpaired) electrons. The Kier molecular flexibility index (Phi) is 4.68. The molecule has 1 aliphatic heterocycles. The topological polar surface area (TPSA) is 67.1 Å². The average Bonchev–Trinajstić information content (AvgIpc) is 3.30. The van der Waals surface area contributed by atoms with Gasteiger partial charge in [-0.05, 0) is 49.6 Å². The quantitative estimate of drug-likeness (QED) is 0.519. The van der Waals surface area contributed by atoms with Crippen LogP contribution in [0.15, 0.2) is 51.8 Å². The van der Waals surface area contributed by atoms with Gasteiger partial charge < -0.3 is 9.51 Å². The Morgan fingerprint density at radius 3 is 2.83 bits per heavy atom. The van der Waals surface area contributed by atoms with E-state index in [2.05, 4.69) is 28.0 Å². The Balaban J connectivity index is 1.40. The van der Waals surface area contributed by atoms with Gasteiger partial charge >= 0.3 is 5.69 Å². The maximum Gasteiger partial charge on any atom is 0.327 e. The summed E-state index contributed by atoms with van der Waals surface area (Å²) >= 11 is 6.20. The van der Waals surface area contributed by atoms with Crippen molar-refractivity contribution < 1.29 is 4.52 Å². The van der Waals surface area contributed by atoms with E-state index in [1.54, 1.807) is 6.07 Å². The van der Waals surface area contributed by atoms with Crippen molar-refractivity contribution in [3.8, 4) is 0 Å². The number of halogens is 1. The van der Waals surface area contributed by atoms with Crippen LogP contribution in [0, 0.1) is 0 Å². The van der Waals surface area contributed by atoms with Crippen molar-refractivity contribution in [2.75, 3.05) is 13.1 Å². The van der Waals surface area contributed by atoms with Gasteiger partial charge in [0.05, 0.1) is 22.9 Å². The van der Waals surface area contributed by atoms with Crippen LogP contribution in [0.1, 0.15) is 44.0 Å². The number of imidazole rings is 1. The zero-order chi connectivity index (χ0) is 20.0. The third kappa shape index (κ3) is 3.16. The first-order valence-corrected chi connectivity index (χ1v) is 10.5. The van der Waals surface area contributed by atoms with Gasteiger partial charge in [-0.2, -0.15) is 0 Å². The van der Waals surface area contributed by atoms with Crippen molar-refractivity contribution in [2.24, 2.45) is 0 Å². The van der Waals surface area contributed by atoms with Gasteiger partial charge in [0, 0.05) is 29.4 Å². The predicted octanol–water partition coefficient (Wildman–Crippen LogP) is 4.91. The van der Waals surface area contributed by atoms with Crippen molar-refractivity contribution in [1.82, 2.24) is 19.6 Å². The lowest BCUT2D eigenvalue weighted by molar-refractivity contribution is 0.101. The van der Waals surface area contributed by atoms with E-state index in [1.807, 2.05) is 34.9 Å². The number of nitrogens with zero attached hydrogens (tertiary/aromatic N) is 3. The summed E-state index contributed by atoms with van der Waals surface area (Å²) in [4.78, 5) is 18.1. The third-order valence-corrected chi connectivity index (χ3v) is 6.32. The van der Waals surface area contributed by atoms with Gasteiger partial charge in [-0.1, -0.05) is 35.8 Å². The van der Waals surface area contributed by atoms with Gasteiger partial charge in [-0.25, -0.2) is 4.79 Å². The van der Waals surface area contributed by atoms with Crippen LogP contribution in [-0.2, 0) is 0 Å². The molecule has 1 N–H and O–H groups in total. The summed E-state index contributed by atoms with van der Waals surface area (Å²) in [6.45, 7) is 3.94. The molecule has 6 nitrogen and oxygen atoms in total.